The normalized spacial score (nSPS) is 45.4. The van der Waals surface area contributed by atoms with Crippen molar-refractivity contribution in [1.82, 2.24) is 0 Å². The maximum absolute atomic E-state index is 9.18. The van der Waals surface area contributed by atoms with Crippen molar-refractivity contribution in [3.63, 3.8) is 0 Å². The molecule has 0 aromatic heterocycles. The lowest BCUT2D eigenvalue weighted by Crippen LogP contribution is -2.32. The Morgan fingerprint density at radius 1 is 1.36 bits per heavy atom. The van der Waals surface area contributed by atoms with E-state index in [1.54, 1.807) is 6.92 Å². The van der Waals surface area contributed by atoms with Crippen LogP contribution in [0.25, 0.3) is 0 Å². The van der Waals surface area contributed by atoms with E-state index in [9.17, 15) is 5.11 Å². The van der Waals surface area contributed by atoms with E-state index in [0.29, 0.717) is 0 Å². The molecule has 11 heavy (non-hydrogen) atoms. The summed E-state index contributed by atoms with van der Waals surface area (Å²) in [4.78, 5) is 0. The highest BCUT2D eigenvalue weighted by Crippen LogP contribution is 2.19. The van der Waals surface area contributed by atoms with Gasteiger partial charge in [0, 0.05) is 0 Å². The summed E-state index contributed by atoms with van der Waals surface area (Å²) in [5, 5.41) is 29.2. The summed E-state index contributed by atoms with van der Waals surface area (Å²) in [7, 11) is 0. The largest absolute Gasteiger partial charge is 0.411 e. The van der Waals surface area contributed by atoms with E-state index in [0.717, 1.165) is 6.21 Å². The molecule has 5 heteroatoms. The number of nitrogens with zero attached hydrogens (tertiary/aromatic N) is 1. The zero-order valence-electron chi connectivity index (χ0n) is 6.08. The second kappa shape index (κ2) is 3.17. The fourth-order valence-corrected chi connectivity index (χ4v) is 1.07. The molecule has 1 fully saturated rings. The highest BCUT2D eigenvalue weighted by Gasteiger charge is 2.39. The lowest BCUT2D eigenvalue weighted by Gasteiger charge is -2.08. The Hall–Kier alpha value is -0.650. The maximum atomic E-state index is 9.18. The molecule has 64 valence electrons. The number of aliphatic hydroxyl groups excluding tert-OH is 2. The van der Waals surface area contributed by atoms with Gasteiger partial charge in [0.25, 0.3) is 0 Å². The van der Waals surface area contributed by atoms with Crippen molar-refractivity contribution in [1.29, 1.82) is 0 Å². The van der Waals surface area contributed by atoms with Gasteiger partial charge in [-0.2, -0.15) is 0 Å². The van der Waals surface area contributed by atoms with Gasteiger partial charge in [0.15, 0.2) is 0 Å². The minimum absolute atomic E-state index is 0.423. The van der Waals surface area contributed by atoms with Crippen molar-refractivity contribution in [2.24, 2.45) is 5.16 Å². The van der Waals surface area contributed by atoms with Gasteiger partial charge in [-0.15, -0.1) is 0 Å². The molecular weight excluding hydrogens is 150 g/mol. The van der Waals surface area contributed by atoms with E-state index >= 15 is 0 Å². The number of oxime groups is 1. The predicted molar refractivity (Wildman–Crippen MR) is 36.6 cm³/mol. The Kier molecular flexibility index (Phi) is 2.43. The van der Waals surface area contributed by atoms with E-state index in [-0.39, 0.29) is 0 Å². The van der Waals surface area contributed by atoms with Crippen LogP contribution in [0.4, 0.5) is 0 Å². The first-order chi connectivity index (χ1) is 5.16. The standard InChI is InChI=1S/C6H11NO4/c1-3-5(8)6(9)4(11-3)2-7-10/h2-6,8-10H,1H3/t3-,4+,5?,6-/m0/s1. The summed E-state index contributed by atoms with van der Waals surface area (Å²) in [6.07, 6.45) is -1.98. The quantitative estimate of drug-likeness (QED) is 0.260. The lowest BCUT2D eigenvalue weighted by atomic mass is 10.1. The molecule has 1 aliphatic rings. The SMILES string of the molecule is C[C@@H]1O[C@H](C=NO)[C@H](O)C1O. The average molecular weight is 161 g/mol. The minimum Gasteiger partial charge on any atom is -0.411 e. The second-order valence-electron chi connectivity index (χ2n) is 2.55. The third-order valence-electron chi connectivity index (χ3n) is 1.75. The van der Waals surface area contributed by atoms with Crippen LogP contribution in [-0.4, -0.2) is 46.1 Å². The van der Waals surface area contributed by atoms with Crippen LogP contribution >= 0.6 is 0 Å². The Balaban J connectivity index is 2.59. The number of aliphatic hydroxyl groups is 2. The van der Waals surface area contributed by atoms with Gasteiger partial charge in [0.1, 0.15) is 18.3 Å². The van der Waals surface area contributed by atoms with Crippen LogP contribution in [0.1, 0.15) is 6.92 Å². The maximum Gasteiger partial charge on any atom is 0.125 e. The molecule has 1 heterocycles. The molecule has 1 unspecified atom stereocenters. The first-order valence-corrected chi connectivity index (χ1v) is 3.36. The molecular formula is C6H11NO4. The van der Waals surface area contributed by atoms with Crippen molar-refractivity contribution in [3.05, 3.63) is 0 Å². The molecule has 0 amide bonds. The Labute approximate surface area is 63.9 Å². The first-order valence-electron chi connectivity index (χ1n) is 3.36. The summed E-state index contributed by atoms with van der Waals surface area (Å²) < 4.78 is 5.02. The third-order valence-corrected chi connectivity index (χ3v) is 1.75. The summed E-state index contributed by atoms with van der Waals surface area (Å²) >= 11 is 0. The van der Waals surface area contributed by atoms with Crippen molar-refractivity contribution in [3.8, 4) is 0 Å². The second-order valence-corrected chi connectivity index (χ2v) is 2.55. The van der Waals surface area contributed by atoms with Gasteiger partial charge in [-0.25, -0.2) is 0 Å². The molecule has 0 spiro atoms. The third kappa shape index (κ3) is 1.50. The Morgan fingerprint density at radius 2 is 2.00 bits per heavy atom. The van der Waals surface area contributed by atoms with Crippen molar-refractivity contribution < 1.29 is 20.2 Å². The lowest BCUT2D eigenvalue weighted by molar-refractivity contribution is 0.0317. The summed E-state index contributed by atoms with van der Waals surface area (Å²) in [5.41, 5.74) is 0. The first kappa shape index (κ1) is 8.45. The number of rotatable bonds is 1. The zero-order valence-corrected chi connectivity index (χ0v) is 6.08. The van der Waals surface area contributed by atoms with Gasteiger partial charge >= 0.3 is 0 Å². The average Bonchev–Trinajstić information content (AvgIpc) is 2.19. The molecule has 0 bridgehead atoms. The molecule has 1 saturated heterocycles. The van der Waals surface area contributed by atoms with Crippen LogP contribution in [0.2, 0.25) is 0 Å². The molecule has 3 N–H and O–H groups in total. The molecule has 0 aromatic carbocycles. The van der Waals surface area contributed by atoms with Gasteiger partial charge in [-0.1, -0.05) is 5.16 Å². The fraction of sp³-hybridized carbons (Fsp3) is 0.833. The van der Waals surface area contributed by atoms with Crippen molar-refractivity contribution in [2.75, 3.05) is 0 Å². The van der Waals surface area contributed by atoms with Crippen LogP contribution in [0.3, 0.4) is 0 Å². The van der Waals surface area contributed by atoms with Crippen LogP contribution < -0.4 is 0 Å². The molecule has 0 radical (unpaired) electrons. The fourth-order valence-electron chi connectivity index (χ4n) is 1.07. The van der Waals surface area contributed by atoms with E-state index in [1.165, 1.54) is 0 Å². The minimum atomic E-state index is -0.999. The van der Waals surface area contributed by atoms with Crippen molar-refractivity contribution >= 4 is 6.21 Å². The highest BCUT2D eigenvalue weighted by atomic mass is 16.5. The van der Waals surface area contributed by atoms with E-state index < -0.39 is 24.4 Å². The highest BCUT2D eigenvalue weighted by molar-refractivity contribution is 5.63. The van der Waals surface area contributed by atoms with Gasteiger partial charge in [-0.3, -0.25) is 0 Å². The van der Waals surface area contributed by atoms with Gasteiger partial charge in [0.2, 0.25) is 0 Å². The van der Waals surface area contributed by atoms with Crippen LogP contribution in [0.5, 0.6) is 0 Å². The van der Waals surface area contributed by atoms with Crippen LogP contribution in [-0.2, 0) is 4.74 Å². The summed E-state index contributed by atoms with van der Waals surface area (Å²) in [6, 6.07) is 0. The monoisotopic (exact) mass is 161 g/mol. The Bertz CT molecular complexity index is 161. The smallest absolute Gasteiger partial charge is 0.125 e. The Morgan fingerprint density at radius 3 is 2.36 bits per heavy atom. The number of hydrogen-bond donors (Lipinski definition) is 3. The van der Waals surface area contributed by atoms with E-state index in [1.807, 2.05) is 0 Å². The van der Waals surface area contributed by atoms with Crippen molar-refractivity contribution in [2.45, 2.75) is 31.3 Å². The molecule has 1 aliphatic heterocycles. The topological polar surface area (TPSA) is 82.3 Å². The molecule has 4 atom stereocenters. The van der Waals surface area contributed by atoms with E-state index in [4.69, 9.17) is 15.1 Å². The number of ether oxygens (including phenoxy) is 1. The summed E-state index contributed by atoms with van der Waals surface area (Å²) in [5.74, 6) is 0. The summed E-state index contributed by atoms with van der Waals surface area (Å²) in [6.45, 7) is 1.64. The zero-order chi connectivity index (χ0) is 8.43. The van der Waals surface area contributed by atoms with Crippen LogP contribution in [0, 0.1) is 0 Å². The molecule has 5 nitrogen and oxygen atoms in total. The van der Waals surface area contributed by atoms with Gasteiger partial charge < -0.3 is 20.2 Å². The van der Waals surface area contributed by atoms with Gasteiger partial charge in [0.05, 0.1) is 12.3 Å². The molecule has 0 aromatic rings. The van der Waals surface area contributed by atoms with Gasteiger partial charge in [-0.05, 0) is 6.92 Å². The molecule has 0 saturated carbocycles. The number of hydrogen-bond acceptors (Lipinski definition) is 5. The molecule has 0 aliphatic carbocycles. The molecule has 1 rings (SSSR count). The predicted octanol–water partition coefficient (Wildman–Crippen LogP) is -1.04. The van der Waals surface area contributed by atoms with Crippen LogP contribution in [0.15, 0.2) is 5.16 Å². The van der Waals surface area contributed by atoms with E-state index in [2.05, 4.69) is 5.16 Å².